The Labute approximate surface area is 78.2 Å². The third-order valence-electron chi connectivity index (χ3n) is 1.84. The van der Waals surface area contributed by atoms with Gasteiger partial charge in [0.25, 0.3) is 0 Å². The van der Waals surface area contributed by atoms with Crippen LogP contribution in [0.3, 0.4) is 0 Å². The lowest BCUT2D eigenvalue weighted by Crippen LogP contribution is -2.42. The molecule has 1 unspecified atom stereocenters. The van der Waals surface area contributed by atoms with Crippen LogP contribution >= 0.6 is 11.8 Å². The van der Waals surface area contributed by atoms with E-state index in [0.717, 1.165) is 6.54 Å². The highest BCUT2D eigenvalue weighted by Gasteiger charge is 2.13. The summed E-state index contributed by atoms with van der Waals surface area (Å²) in [6.45, 7) is 2.75. The Hall–Kier alpha value is -0.380. The summed E-state index contributed by atoms with van der Waals surface area (Å²) in [5, 5.41) is 3.23. The fourth-order valence-electron chi connectivity index (χ4n) is 1.28. The van der Waals surface area contributed by atoms with E-state index in [1.165, 1.54) is 24.3 Å². The number of nitrogens with two attached hydrogens (primary N) is 1. The first kappa shape index (κ1) is 9.71. The van der Waals surface area contributed by atoms with Gasteiger partial charge in [0, 0.05) is 18.3 Å². The molecule has 1 fully saturated rings. The molecule has 3 N–H and O–H groups in total. The molecule has 0 saturated carbocycles. The molecule has 0 aromatic rings. The maximum atomic E-state index is 5.64. The number of guanidine groups is 1. The van der Waals surface area contributed by atoms with Gasteiger partial charge in [0.1, 0.15) is 0 Å². The van der Waals surface area contributed by atoms with Crippen molar-refractivity contribution in [2.75, 3.05) is 18.1 Å². The Morgan fingerprint density at radius 1 is 1.75 bits per heavy atom. The van der Waals surface area contributed by atoms with Gasteiger partial charge in [-0.3, -0.25) is 4.99 Å². The minimum absolute atomic E-state index is 0.541. The van der Waals surface area contributed by atoms with E-state index in [4.69, 9.17) is 5.73 Å². The van der Waals surface area contributed by atoms with Gasteiger partial charge in [0.2, 0.25) is 0 Å². The van der Waals surface area contributed by atoms with Crippen molar-refractivity contribution >= 4 is 17.7 Å². The van der Waals surface area contributed by atoms with Gasteiger partial charge in [0.15, 0.2) is 5.96 Å². The van der Waals surface area contributed by atoms with Crippen LogP contribution in [0.4, 0.5) is 0 Å². The highest BCUT2D eigenvalue weighted by atomic mass is 32.2. The first-order valence-electron chi connectivity index (χ1n) is 4.47. The highest BCUT2D eigenvalue weighted by molar-refractivity contribution is 7.99. The van der Waals surface area contributed by atoms with Crippen molar-refractivity contribution in [3.63, 3.8) is 0 Å². The number of hydrogen-bond donors (Lipinski definition) is 2. The molecule has 0 radical (unpaired) electrons. The van der Waals surface area contributed by atoms with Crippen LogP contribution in [0, 0.1) is 0 Å². The molecule has 0 aromatic heterocycles. The first-order valence-corrected chi connectivity index (χ1v) is 5.62. The molecule has 1 heterocycles. The van der Waals surface area contributed by atoms with Crippen LogP contribution in [0.1, 0.15) is 19.8 Å². The molecule has 70 valence electrons. The van der Waals surface area contributed by atoms with E-state index in [9.17, 15) is 0 Å². The lowest BCUT2D eigenvalue weighted by molar-refractivity contribution is 0.590. The summed E-state index contributed by atoms with van der Waals surface area (Å²) in [5.74, 6) is 3.06. The molecule has 0 bridgehead atoms. The van der Waals surface area contributed by atoms with Crippen molar-refractivity contribution < 1.29 is 0 Å². The van der Waals surface area contributed by atoms with Gasteiger partial charge in [-0.15, -0.1) is 0 Å². The zero-order valence-corrected chi connectivity index (χ0v) is 8.36. The minimum Gasteiger partial charge on any atom is -0.370 e. The molecule has 0 aliphatic carbocycles. The van der Waals surface area contributed by atoms with Crippen molar-refractivity contribution in [2.45, 2.75) is 25.8 Å². The van der Waals surface area contributed by atoms with E-state index >= 15 is 0 Å². The largest absolute Gasteiger partial charge is 0.370 e. The average molecular weight is 187 g/mol. The summed E-state index contributed by atoms with van der Waals surface area (Å²) in [6.07, 6.45) is 2.52. The van der Waals surface area contributed by atoms with Gasteiger partial charge in [-0.25, -0.2) is 0 Å². The number of rotatable bonds is 2. The Balaban J connectivity index is 2.24. The predicted octanol–water partition coefficient (Wildman–Crippen LogP) is 0.806. The quantitative estimate of drug-likeness (QED) is 0.497. The molecule has 1 saturated heterocycles. The van der Waals surface area contributed by atoms with Gasteiger partial charge in [-0.2, -0.15) is 11.8 Å². The maximum Gasteiger partial charge on any atom is 0.188 e. The summed E-state index contributed by atoms with van der Waals surface area (Å²) >= 11 is 1.99. The molecule has 1 atom stereocenters. The lowest BCUT2D eigenvalue weighted by Gasteiger charge is -2.22. The molecular formula is C8H17N3S. The van der Waals surface area contributed by atoms with Crippen molar-refractivity contribution in [3.8, 4) is 0 Å². The van der Waals surface area contributed by atoms with Crippen LogP contribution in [-0.4, -0.2) is 30.1 Å². The first-order chi connectivity index (χ1) is 5.83. The van der Waals surface area contributed by atoms with Crippen LogP contribution in [-0.2, 0) is 0 Å². The third-order valence-corrected chi connectivity index (χ3v) is 3.06. The van der Waals surface area contributed by atoms with E-state index in [1.54, 1.807) is 0 Å². The molecule has 3 nitrogen and oxygen atoms in total. The van der Waals surface area contributed by atoms with Crippen molar-refractivity contribution in [1.82, 2.24) is 5.32 Å². The second-order valence-corrected chi connectivity index (χ2v) is 4.07. The van der Waals surface area contributed by atoms with Crippen LogP contribution in [0.5, 0.6) is 0 Å². The molecule has 0 amide bonds. The number of nitrogens with zero attached hydrogens (tertiary/aromatic N) is 1. The molecular weight excluding hydrogens is 170 g/mol. The van der Waals surface area contributed by atoms with Gasteiger partial charge in [0.05, 0.1) is 0 Å². The Morgan fingerprint density at radius 3 is 3.17 bits per heavy atom. The summed E-state index contributed by atoms with van der Waals surface area (Å²) in [7, 11) is 0. The second-order valence-electron chi connectivity index (χ2n) is 2.92. The Kier molecular flexibility index (Phi) is 4.29. The summed E-state index contributed by atoms with van der Waals surface area (Å²) in [4.78, 5) is 4.09. The normalized spacial score (nSPS) is 25.4. The number of nitrogens with one attached hydrogen (secondary N) is 1. The molecule has 12 heavy (non-hydrogen) atoms. The Bertz CT molecular complexity index is 152. The predicted molar refractivity (Wildman–Crippen MR) is 55.6 cm³/mol. The van der Waals surface area contributed by atoms with Crippen molar-refractivity contribution in [1.29, 1.82) is 0 Å². The van der Waals surface area contributed by atoms with Gasteiger partial charge >= 0.3 is 0 Å². The van der Waals surface area contributed by atoms with Crippen LogP contribution in [0.25, 0.3) is 0 Å². The molecule has 4 heteroatoms. The van der Waals surface area contributed by atoms with Crippen LogP contribution in [0.2, 0.25) is 0 Å². The minimum atomic E-state index is 0.541. The van der Waals surface area contributed by atoms with Crippen molar-refractivity contribution in [3.05, 3.63) is 0 Å². The lowest BCUT2D eigenvalue weighted by atomic mass is 10.2. The van der Waals surface area contributed by atoms with Gasteiger partial charge in [-0.05, 0) is 25.5 Å². The molecule has 1 rings (SSSR count). The SMILES string of the molecule is CCN=C(N)NC1CCCSC1. The Morgan fingerprint density at radius 2 is 2.58 bits per heavy atom. The van der Waals surface area contributed by atoms with E-state index in [2.05, 4.69) is 10.3 Å². The molecule has 1 aliphatic heterocycles. The fourth-order valence-corrected chi connectivity index (χ4v) is 2.35. The maximum absolute atomic E-state index is 5.64. The molecule has 0 aromatic carbocycles. The average Bonchev–Trinajstić information content (AvgIpc) is 2.06. The summed E-state index contributed by atoms with van der Waals surface area (Å²) < 4.78 is 0. The summed E-state index contributed by atoms with van der Waals surface area (Å²) in [5.41, 5.74) is 5.64. The highest BCUT2D eigenvalue weighted by Crippen LogP contribution is 2.16. The molecule has 0 spiro atoms. The standard InChI is InChI=1S/C8H17N3S/c1-2-10-8(9)11-7-4-3-5-12-6-7/h7H,2-6H2,1H3,(H3,9,10,11). The van der Waals surface area contributed by atoms with Gasteiger partial charge < -0.3 is 11.1 Å². The number of thioether (sulfide) groups is 1. The zero-order chi connectivity index (χ0) is 8.81. The zero-order valence-electron chi connectivity index (χ0n) is 7.55. The van der Waals surface area contributed by atoms with Crippen LogP contribution < -0.4 is 11.1 Å². The topological polar surface area (TPSA) is 50.4 Å². The van der Waals surface area contributed by atoms with Gasteiger partial charge in [-0.1, -0.05) is 0 Å². The van der Waals surface area contributed by atoms with E-state index in [0.29, 0.717) is 12.0 Å². The number of aliphatic imine (C=N–C) groups is 1. The summed E-state index contributed by atoms with van der Waals surface area (Å²) in [6, 6.07) is 0.541. The molecule has 1 aliphatic rings. The monoisotopic (exact) mass is 187 g/mol. The second kappa shape index (κ2) is 5.30. The number of hydrogen-bond acceptors (Lipinski definition) is 2. The van der Waals surface area contributed by atoms with Crippen molar-refractivity contribution in [2.24, 2.45) is 10.7 Å². The van der Waals surface area contributed by atoms with E-state index < -0.39 is 0 Å². The van der Waals surface area contributed by atoms with E-state index in [-0.39, 0.29) is 0 Å². The van der Waals surface area contributed by atoms with Crippen LogP contribution in [0.15, 0.2) is 4.99 Å². The fraction of sp³-hybridized carbons (Fsp3) is 0.875. The van der Waals surface area contributed by atoms with E-state index in [1.807, 2.05) is 18.7 Å². The third kappa shape index (κ3) is 3.34. The smallest absolute Gasteiger partial charge is 0.188 e.